The third-order valence-corrected chi connectivity index (χ3v) is 3.80. The molecule has 1 unspecified atom stereocenters. The van der Waals surface area contributed by atoms with Crippen LogP contribution in [-0.2, 0) is 0 Å². The molecule has 1 heteroatoms. The van der Waals surface area contributed by atoms with Gasteiger partial charge in [-0.05, 0) is 39.5 Å². The van der Waals surface area contributed by atoms with Crippen molar-refractivity contribution in [2.24, 2.45) is 5.92 Å². The first-order chi connectivity index (χ1) is 5.84. The van der Waals surface area contributed by atoms with E-state index in [2.05, 4.69) is 46.4 Å². The summed E-state index contributed by atoms with van der Waals surface area (Å²) in [5.74, 6) is 0.783. The topological polar surface area (TPSA) is 3.24 Å². The van der Waals surface area contributed by atoms with Crippen LogP contribution in [0.3, 0.4) is 0 Å². The molecule has 0 bridgehead atoms. The molecule has 1 atom stereocenters. The highest BCUT2D eigenvalue weighted by Gasteiger charge is 2.49. The lowest BCUT2D eigenvalue weighted by molar-refractivity contribution is -0.110. The SMILES string of the molecule is CCC1(C(C)C)CCN1C(C)(C)C. The number of hydrogen-bond acceptors (Lipinski definition) is 1. The molecule has 1 aliphatic heterocycles. The van der Waals surface area contributed by atoms with Crippen LogP contribution < -0.4 is 0 Å². The lowest BCUT2D eigenvalue weighted by Gasteiger charge is -2.61. The minimum absolute atomic E-state index is 0.346. The molecule has 1 saturated heterocycles. The predicted molar refractivity (Wildman–Crippen MR) is 58.9 cm³/mol. The molecule has 0 aliphatic carbocycles. The first kappa shape index (κ1) is 11.0. The van der Waals surface area contributed by atoms with Crippen LogP contribution in [0.1, 0.15) is 54.4 Å². The van der Waals surface area contributed by atoms with Gasteiger partial charge in [0.15, 0.2) is 0 Å². The summed E-state index contributed by atoms with van der Waals surface area (Å²) in [6, 6.07) is 0. The van der Waals surface area contributed by atoms with Crippen LogP contribution in [0.5, 0.6) is 0 Å². The second-order valence-electron chi connectivity index (χ2n) is 5.68. The average Bonchev–Trinajstić information content (AvgIpc) is 1.81. The second-order valence-corrected chi connectivity index (χ2v) is 5.68. The van der Waals surface area contributed by atoms with E-state index in [1.807, 2.05) is 0 Å². The molecule has 1 aliphatic rings. The Balaban J connectivity index is 2.80. The van der Waals surface area contributed by atoms with Gasteiger partial charge in [0.25, 0.3) is 0 Å². The van der Waals surface area contributed by atoms with E-state index in [4.69, 9.17) is 0 Å². The molecule has 0 spiro atoms. The van der Waals surface area contributed by atoms with Crippen LogP contribution in [0.25, 0.3) is 0 Å². The van der Waals surface area contributed by atoms with Crippen molar-refractivity contribution in [3.8, 4) is 0 Å². The summed E-state index contributed by atoms with van der Waals surface area (Å²) in [6.45, 7) is 15.3. The summed E-state index contributed by atoms with van der Waals surface area (Å²) in [4.78, 5) is 2.69. The normalized spacial score (nSPS) is 30.7. The summed E-state index contributed by atoms with van der Waals surface area (Å²) in [7, 11) is 0. The Morgan fingerprint density at radius 2 is 1.85 bits per heavy atom. The zero-order chi connectivity index (χ0) is 10.3. The van der Waals surface area contributed by atoms with Gasteiger partial charge in [-0.1, -0.05) is 20.8 Å². The molecular weight excluding hydrogens is 158 g/mol. The van der Waals surface area contributed by atoms with Crippen molar-refractivity contribution in [2.75, 3.05) is 6.54 Å². The second kappa shape index (κ2) is 3.27. The van der Waals surface area contributed by atoms with Gasteiger partial charge in [-0.25, -0.2) is 0 Å². The molecular formula is C12H25N. The van der Waals surface area contributed by atoms with Gasteiger partial charge in [0.1, 0.15) is 0 Å². The average molecular weight is 183 g/mol. The molecule has 0 N–H and O–H groups in total. The maximum atomic E-state index is 2.69. The highest BCUT2D eigenvalue weighted by Crippen LogP contribution is 2.44. The van der Waals surface area contributed by atoms with E-state index in [0.717, 1.165) is 5.92 Å². The molecule has 0 aromatic carbocycles. The Kier molecular flexibility index (Phi) is 2.78. The van der Waals surface area contributed by atoms with Gasteiger partial charge in [0.2, 0.25) is 0 Å². The van der Waals surface area contributed by atoms with Crippen LogP contribution in [0, 0.1) is 5.92 Å². The molecule has 0 saturated carbocycles. The third kappa shape index (κ3) is 1.63. The number of rotatable bonds is 2. The largest absolute Gasteiger partial charge is 0.292 e. The number of hydrogen-bond donors (Lipinski definition) is 0. The van der Waals surface area contributed by atoms with E-state index in [-0.39, 0.29) is 0 Å². The van der Waals surface area contributed by atoms with Crippen molar-refractivity contribution in [3.05, 3.63) is 0 Å². The van der Waals surface area contributed by atoms with Gasteiger partial charge < -0.3 is 0 Å². The fourth-order valence-electron chi connectivity index (χ4n) is 2.89. The monoisotopic (exact) mass is 183 g/mol. The van der Waals surface area contributed by atoms with E-state index in [0.29, 0.717) is 11.1 Å². The Morgan fingerprint density at radius 3 is 1.92 bits per heavy atom. The summed E-state index contributed by atoms with van der Waals surface area (Å²) < 4.78 is 0. The number of nitrogens with zero attached hydrogens (tertiary/aromatic N) is 1. The van der Waals surface area contributed by atoms with Gasteiger partial charge in [0, 0.05) is 17.6 Å². The zero-order valence-electron chi connectivity index (χ0n) is 10.1. The van der Waals surface area contributed by atoms with Crippen LogP contribution in [0.2, 0.25) is 0 Å². The minimum atomic E-state index is 0.346. The zero-order valence-corrected chi connectivity index (χ0v) is 10.1. The molecule has 0 aromatic heterocycles. The van der Waals surface area contributed by atoms with Crippen LogP contribution in [0.4, 0.5) is 0 Å². The molecule has 1 fully saturated rings. The highest BCUT2D eigenvalue weighted by molar-refractivity contribution is 5.05. The molecule has 13 heavy (non-hydrogen) atoms. The van der Waals surface area contributed by atoms with Crippen molar-refractivity contribution in [2.45, 2.75) is 65.5 Å². The standard InChI is InChI=1S/C12H25N/c1-7-12(10(2)3)8-9-13(12)11(4,5)6/h10H,7-9H2,1-6H3. The van der Waals surface area contributed by atoms with E-state index in [1.54, 1.807) is 0 Å². The van der Waals surface area contributed by atoms with Gasteiger partial charge in [-0.15, -0.1) is 0 Å². The summed E-state index contributed by atoms with van der Waals surface area (Å²) in [5.41, 5.74) is 0.844. The quantitative estimate of drug-likeness (QED) is 0.635. The smallest absolute Gasteiger partial charge is 0.0247 e. The first-order valence-corrected chi connectivity index (χ1v) is 5.62. The fourth-order valence-corrected chi connectivity index (χ4v) is 2.89. The predicted octanol–water partition coefficient (Wildman–Crippen LogP) is 3.30. The van der Waals surface area contributed by atoms with Crippen molar-refractivity contribution >= 4 is 0 Å². The third-order valence-electron chi connectivity index (χ3n) is 3.80. The maximum Gasteiger partial charge on any atom is 0.0247 e. The van der Waals surface area contributed by atoms with Crippen molar-refractivity contribution in [3.63, 3.8) is 0 Å². The van der Waals surface area contributed by atoms with Crippen molar-refractivity contribution in [1.29, 1.82) is 0 Å². The lowest BCUT2D eigenvalue weighted by Crippen LogP contribution is -2.68. The Hall–Kier alpha value is -0.0400. The van der Waals surface area contributed by atoms with Gasteiger partial charge in [-0.3, -0.25) is 4.90 Å². The summed E-state index contributed by atoms with van der Waals surface area (Å²) in [5, 5.41) is 0. The van der Waals surface area contributed by atoms with E-state index in [1.165, 1.54) is 19.4 Å². The molecule has 1 nitrogen and oxygen atoms in total. The molecule has 1 rings (SSSR count). The van der Waals surface area contributed by atoms with Gasteiger partial charge in [0.05, 0.1) is 0 Å². The van der Waals surface area contributed by atoms with E-state index < -0.39 is 0 Å². The summed E-state index contributed by atoms with van der Waals surface area (Å²) >= 11 is 0. The molecule has 1 heterocycles. The van der Waals surface area contributed by atoms with E-state index in [9.17, 15) is 0 Å². The minimum Gasteiger partial charge on any atom is -0.292 e. The van der Waals surface area contributed by atoms with Gasteiger partial charge in [-0.2, -0.15) is 0 Å². The Bertz CT molecular complexity index is 174. The van der Waals surface area contributed by atoms with Crippen molar-refractivity contribution in [1.82, 2.24) is 4.90 Å². The first-order valence-electron chi connectivity index (χ1n) is 5.62. The Morgan fingerprint density at radius 1 is 1.31 bits per heavy atom. The Labute approximate surface area is 83.5 Å². The number of likely N-dealkylation sites (tertiary alicyclic amines) is 1. The summed E-state index contributed by atoms with van der Waals surface area (Å²) in [6.07, 6.45) is 2.68. The molecule has 0 aromatic rings. The van der Waals surface area contributed by atoms with Gasteiger partial charge >= 0.3 is 0 Å². The highest BCUT2D eigenvalue weighted by atomic mass is 15.3. The maximum absolute atomic E-state index is 2.69. The fraction of sp³-hybridized carbons (Fsp3) is 1.00. The molecule has 78 valence electrons. The molecule has 0 amide bonds. The van der Waals surface area contributed by atoms with Crippen LogP contribution >= 0.6 is 0 Å². The lowest BCUT2D eigenvalue weighted by atomic mass is 9.71. The molecule has 0 radical (unpaired) electrons. The van der Waals surface area contributed by atoms with Crippen LogP contribution in [-0.4, -0.2) is 22.5 Å². The van der Waals surface area contributed by atoms with E-state index >= 15 is 0 Å². The van der Waals surface area contributed by atoms with Crippen molar-refractivity contribution < 1.29 is 0 Å². The van der Waals surface area contributed by atoms with Crippen LogP contribution in [0.15, 0.2) is 0 Å².